The molecule has 0 aliphatic carbocycles. The van der Waals surface area contributed by atoms with Gasteiger partial charge in [0.25, 0.3) is 0 Å². The van der Waals surface area contributed by atoms with Crippen molar-refractivity contribution < 1.29 is 4.39 Å². The highest BCUT2D eigenvalue weighted by molar-refractivity contribution is 7.13. The van der Waals surface area contributed by atoms with Crippen molar-refractivity contribution in [1.82, 2.24) is 15.0 Å². The molecule has 6 heteroatoms. The molecule has 0 aliphatic rings. The van der Waals surface area contributed by atoms with Gasteiger partial charge in [0.05, 0.1) is 10.6 Å². The van der Waals surface area contributed by atoms with Crippen LogP contribution in [0.25, 0.3) is 16.3 Å². The second-order valence-corrected chi connectivity index (χ2v) is 4.72. The van der Waals surface area contributed by atoms with Crippen molar-refractivity contribution in [3.63, 3.8) is 0 Å². The van der Waals surface area contributed by atoms with E-state index >= 15 is 0 Å². The third-order valence-electron chi connectivity index (χ3n) is 2.58. The van der Waals surface area contributed by atoms with Crippen molar-refractivity contribution in [2.45, 2.75) is 0 Å². The Kier molecular flexibility index (Phi) is 2.82. The number of hydrogen-bond acceptors (Lipinski definition) is 4. The van der Waals surface area contributed by atoms with Crippen molar-refractivity contribution in [3.05, 3.63) is 53.3 Å². The van der Waals surface area contributed by atoms with E-state index in [1.165, 1.54) is 28.2 Å². The number of benzene rings is 1. The van der Waals surface area contributed by atoms with Crippen LogP contribution in [-0.4, -0.2) is 15.0 Å². The zero-order valence-corrected chi connectivity index (χ0v) is 10.4. The highest BCUT2D eigenvalue weighted by atomic mass is 32.1. The van der Waals surface area contributed by atoms with Gasteiger partial charge in [-0.1, -0.05) is 17.3 Å². The maximum Gasteiger partial charge on any atom is 0.191 e. The Morgan fingerprint density at radius 3 is 2.84 bits per heavy atom. The lowest BCUT2D eigenvalue weighted by Crippen LogP contribution is -1.99. The summed E-state index contributed by atoms with van der Waals surface area (Å²) in [5.74, 6) is -0.358. The van der Waals surface area contributed by atoms with E-state index in [9.17, 15) is 4.39 Å². The predicted molar refractivity (Wildman–Crippen MR) is 69.3 cm³/mol. The van der Waals surface area contributed by atoms with Gasteiger partial charge in [-0.05, 0) is 29.6 Å². The standard InChI is InChI=1S/C13H7FN4S/c14-9-3-1-4-10(7-9)18-13(11(8-15)16-17-18)12-5-2-6-19-12/h1-7H. The average Bonchev–Trinajstić information content (AvgIpc) is 3.07. The van der Waals surface area contributed by atoms with Crippen LogP contribution in [-0.2, 0) is 0 Å². The number of rotatable bonds is 2. The fourth-order valence-electron chi connectivity index (χ4n) is 1.78. The minimum atomic E-state index is -0.358. The van der Waals surface area contributed by atoms with Gasteiger partial charge in [0, 0.05) is 0 Å². The van der Waals surface area contributed by atoms with E-state index < -0.39 is 0 Å². The second kappa shape index (κ2) is 4.63. The molecule has 0 fully saturated rings. The first-order valence-electron chi connectivity index (χ1n) is 5.45. The number of nitrogens with zero attached hydrogens (tertiary/aromatic N) is 4. The fraction of sp³-hybridized carbons (Fsp3) is 0. The first-order chi connectivity index (χ1) is 9.29. The van der Waals surface area contributed by atoms with Crippen LogP contribution in [0.5, 0.6) is 0 Å². The molecule has 0 N–H and O–H groups in total. The Bertz CT molecular complexity index is 755. The second-order valence-electron chi connectivity index (χ2n) is 3.77. The molecule has 19 heavy (non-hydrogen) atoms. The number of aromatic nitrogens is 3. The van der Waals surface area contributed by atoms with Gasteiger partial charge in [0.15, 0.2) is 5.69 Å². The highest BCUT2D eigenvalue weighted by Crippen LogP contribution is 2.28. The minimum Gasteiger partial charge on any atom is -0.210 e. The Labute approximate surface area is 112 Å². The zero-order valence-electron chi connectivity index (χ0n) is 9.62. The lowest BCUT2D eigenvalue weighted by molar-refractivity contribution is 0.625. The summed E-state index contributed by atoms with van der Waals surface area (Å²) in [7, 11) is 0. The van der Waals surface area contributed by atoms with E-state index in [0.29, 0.717) is 11.4 Å². The molecule has 1 aromatic carbocycles. The monoisotopic (exact) mass is 270 g/mol. The van der Waals surface area contributed by atoms with Crippen molar-refractivity contribution >= 4 is 11.3 Å². The first kappa shape index (κ1) is 11.6. The van der Waals surface area contributed by atoms with Crippen LogP contribution < -0.4 is 0 Å². The predicted octanol–water partition coefficient (Wildman–Crippen LogP) is 3.01. The molecule has 3 aromatic rings. The summed E-state index contributed by atoms with van der Waals surface area (Å²) < 4.78 is 14.8. The summed E-state index contributed by atoms with van der Waals surface area (Å²) in [5, 5.41) is 18.8. The first-order valence-corrected chi connectivity index (χ1v) is 6.33. The molecular formula is C13H7FN4S. The quantitative estimate of drug-likeness (QED) is 0.719. The van der Waals surface area contributed by atoms with Gasteiger partial charge in [-0.2, -0.15) is 5.26 Å². The van der Waals surface area contributed by atoms with Crippen molar-refractivity contribution in [2.24, 2.45) is 0 Å². The van der Waals surface area contributed by atoms with Crippen LogP contribution in [0.3, 0.4) is 0 Å². The molecule has 0 spiro atoms. The molecule has 0 saturated carbocycles. The molecule has 0 atom stereocenters. The number of nitriles is 1. The summed E-state index contributed by atoms with van der Waals surface area (Å²) in [4.78, 5) is 0.866. The van der Waals surface area contributed by atoms with Gasteiger partial charge in [-0.3, -0.25) is 0 Å². The van der Waals surface area contributed by atoms with E-state index in [1.807, 2.05) is 23.6 Å². The molecule has 0 saturated heterocycles. The van der Waals surface area contributed by atoms with E-state index in [4.69, 9.17) is 5.26 Å². The number of halogens is 1. The smallest absolute Gasteiger partial charge is 0.191 e. The summed E-state index contributed by atoms with van der Waals surface area (Å²) in [5.41, 5.74) is 1.35. The van der Waals surface area contributed by atoms with Gasteiger partial charge in [-0.15, -0.1) is 16.4 Å². The topological polar surface area (TPSA) is 54.5 Å². The van der Waals surface area contributed by atoms with Crippen LogP contribution in [0.2, 0.25) is 0 Å². The lowest BCUT2D eigenvalue weighted by atomic mass is 10.2. The molecule has 2 heterocycles. The SMILES string of the molecule is N#Cc1nnn(-c2cccc(F)c2)c1-c1cccs1. The Morgan fingerprint density at radius 1 is 1.26 bits per heavy atom. The van der Waals surface area contributed by atoms with E-state index in [1.54, 1.807) is 12.1 Å². The summed E-state index contributed by atoms with van der Waals surface area (Å²) in [6.45, 7) is 0. The molecule has 0 radical (unpaired) electrons. The minimum absolute atomic E-state index is 0.228. The van der Waals surface area contributed by atoms with Gasteiger partial charge in [0.1, 0.15) is 17.6 Å². The number of thiophene rings is 1. The molecule has 0 aliphatic heterocycles. The summed E-state index contributed by atoms with van der Waals surface area (Å²) in [6.07, 6.45) is 0. The molecule has 0 amide bonds. The molecule has 3 rings (SSSR count). The van der Waals surface area contributed by atoms with E-state index in [0.717, 1.165) is 4.88 Å². The van der Waals surface area contributed by atoms with Crippen LogP contribution in [0.1, 0.15) is 5.69 Å². The van der Waals surface area contributed by atoms with Gasteiger partial charge >= 0.3 is 0 Å². The maximum absolute atomic E-state index is 13.3. The maximum atomic E-state index is 13.3. The lowest BCUT2D eigenvalue weighted by Gasteiger charge is -2.04. The average molecular weight is 270 g/mol. The third kappa shape index (κ3) is 2.00. The van der Waals surface area contributed by atoms with Gasteiger partial charge in [0.2, 0.25) is 0 Å². The molecule has 2 aromatic heterocycles. The summed E-state index contributed by atoms with van der Waals surface area (Å²) in [6, 6.07) is 11.8. The largest absolute Gasteiger partial charge is 0.210 e. The Morgan fingerprint density at radius 2 is 2.16 bits per heavy atom. The Hall–Kier alpha value is -2.52. The molecule has 0 unspecified atom stereocenters. The normalized spacial score (nSPS) is 10.3. The van der Waals surface area contributed by atoms with Crippen LogP contribution in [0.15, 0.2) is 41.8 Å². The Balaban J connectivity index is 2.24. The van der Waals surface area contributed by atoms with Crippen molar-refractivity contribution in [1.29, 1.82) is 5.26 Å². The van der Waals surface area contributed by atoms with Crippen LogP contribution in [0.4, 0.5) is 4.39 Å². The number of hydrogen-bond donors (Lipinski definition) is 0. The molecule has 0 bridgehead atoms. The molecule has 92 valence electrons. The molecular weight excluding hydrogens is 263 g/mol. The van der Waals surface area contributed by atoms with Crippen LogP contribution in [0, 0.1) is 17.1 Å². The van der Waals surface area contributed by atoms with E-state index in [-0.39, 0.29) is 11.5 Å². The van der Waals surface area contributed by atoms with Crippen LogP contribution >= 0.6 is 11.3 Å². The van der Waals surface area contributed by atoms with E-state index in [2.05, 4.69) is 10.3 Å². The molecule has 4 nitrogen and oxygen atoms in total. The highest BCUT2D eigenvalue weighted by Gasteiger charge is 2.17. The van der Waals surface area contributed by atoms with Crippen molar-refractivity contribution in [3.8, 4) is 22.3 Å². The third-order valence-corrected chi connectivity index (χ3v) is 3.46. The van der Waals surface area contributed by atoms with Gasteiger partial charge in [-0.25, -0.2) is 9.07 Å². The fourth-order valence-corrected chi connectivity index (χ4v) is 2.54. The summed E-state index contributed by atoms with van der Waals surface area (Å²) >= 11 is 1.48. The van der Waals surface area contributed by atoms with Crippen molar-refractivity contribution in [2.75, 3.05) is 0 Å². The zero-order chi connectivity index (χ0) is 13.2. The van der Waals surface area contributed by atoms with Gasteiger partial charge < -0.3 is 0 Å².